The van der Waals surface area contributed by atoms with E-state index in [0.717, 1.165) is 11.1 Å². The lowest BCUT2D eigenvalue weighted by atomic mass is 10.2. The fraction of sp³-hybridized carbons (Fsp3) is 0.467. The molecule has 1 aromatic carbocycles. The Morgan fingerprint density at radius 2 is 1.95 bits per heavy atom. The predicted molar refractivity (Wildman–Crippen MR) is 83.2 cm³/mol. The fourth-order valence-electron chi connectivity index (χ4n) is 1.97. The molecule has 0 unspecified atom stereocenters. The smallest absolute Gasteiger partial charge is 0.240 e. The van der Waals surface area contributed by atoms with Gasteiger partial charge in [-0.1, -0.05) is 26.0 Å². The van der Waals surface area contributed by atoms with E-state index < -0.39 is 10.0 Å². The second-order valence-corrected chi connectivity index (χ2v) is 7.34. The summed E-state index contributed by atoms with van der Waals surface area (Å²) in [5.41, 5.74) is 1.63. The summed E-state index contributed by atoms with van der Waals surface area (Å²) in [6.45, 7) is 7.78. The number of nitrogens with zero attached hydrogens (tertiary/aromatic N) is 2. The summed E-state index contributed by atoms with van der Waals surface area (Å²) in [6, 6.07) is 5.36. The van der Waals surface area contributed by atoms with Gasteiger partial charge >= 0.3 is 0 Å². The van der Waals surface area contributed by atoms with Gasteiger partial charge in [-0.15, -0.1) is 10.2 Å². The minimum absolute atomic E-state index is 0.160. The number of hydrogen-bond acceptors (Lipinski definition) is 5. The summed E-state index contributed by atoms with van der Waals surface area (Å²) in [4.78, 5) is 0.306. The van der Waals surface area contributed by atoms with Crippen molar-refractivity contribution in [1.82, 2.24) is 14.9 Å². The standard InChI is InChI=1S/C15H21N3O3S/c1-10(2)15-18-17-14(21-15)7-8-16-22(19,20)13-9-11(3)5-6-12(13)4/h5-6,9-10,16H,7-8H2,1-4H3. The van der Waals surface area contributed by atoms with Gasteiger partial charge in [-0.05, 0) is 31.0 Å². The Labute approximate surface area is 131 Å². The fourth-order valence-corrected chi connectivity index (χ4v) is 3.33. The maximum atomic E-state index is 12.3. The highest BCUT2D eigenvalue weighted by atomic mass is 32.2. The molecule has 0 atom stereocenters. The van der Waals surface area contributed by atoms with Gasteiger partial charge in [0.15, 0.2) is 0 Å². The third kappa shape index (κ3) is 3.92. The van der Waals surface area contributed by atoms with Crippen molar-refractivity contribution < 1.29 is 12.8 Å². The van der Waals surface area contributed by atoms with E-state index in [1.165, 1.54) is 0 Å². The molecular weight excluding hydrogens is 302 g/mol. The van der Waals surface area contributed by atoms with E-state index in [-0.39, 0.29) is 12.5 Å². The van der Waals surface area contributed by atoms with E-state index in [1.54, 1.807) is 19.1 Å². The highest BCUT2D eigenvalue weighted by Crippen LogP contribution is 2.16. The molecule has 0 saturated carbocycles. The Kier molecular flexibility index (Phi) is 4.97. The number of sulfonamides is 1. The Morgan fingerprint density at radius 3 is 2.59 bits per heavy atom. The molecule has 2 rings (SSSR count). The monoisotopic (exact) mass is 323 g/mol. The van der Waals surface area contributed by atoms with Gasteiger partial charge < -0.3 is 4.42 Å². The lowest BCUT2D eigenvalue weighted by Crippen LogP contribution is -2.26. The molecule has 0 aliphatic heterocycles. The molecule has 0 saturated heterocycles. The van der Waals surface area contributed by atoms with Gasteiger partial charge in [0.2, 0.25) is 21.8 Å². The molecule has 7 heteroatoms. The van der Waals surface area contributed by atoms with Gasteiger partial charge in [0.05, 0.1) is 4.90 Å². The van der Waals surface area contributed by atoms with E-state index in [9.17, 15) is 8.42 Å². The van der Waals surface area contributed by atoms with Gasteiger partial charge in [0, 0.05) is 18.9 Å². The van der Waals surface area contributed by atoms with Crippen molar-refractivity contribution in [2.75, 3.05) is 6.54 Å². The molecule has 0 spiro atoms. The Hall–Kier alpha value is -1.73. The summed E-state index contributed by atoms with van der Waals surface area (Å²) >= 11 is 0. The molecule has 120 valence electrons. The Bertz CT molecular complexity index is 751. The number of aryl methyl sites for hydroxylation is 2. The van der Waals surface area contributed by atoms with Crippen molar-refractivity contribution in [2.45, 2.75) is 44.9 Å². The van der Waals surface area contributed by atoms with Crippen LogP contribution in [0.3, 0.4) is 0 Å². The van der Waals surface area contributed by atoms with E-state index in [0.29, 0.717) is 23.1 Å². The lowest BCUT2D eigenvalue weighted by molar-refractivity contribution is 0.431. The van der Waals surface area contributed by atoms with Crippen molar-refractivity contribution >= 4 is 10.0 Å². The van der Waals surface area contributed by atoms with E-state index in [2.05, 4.69) is 14.9 Å². The van der Waals surface area contributed by atoms with Gasteiger partial charge in [0.25, 0.3) is 0 Å². The molecule has 1 heterocycles. The van der Waals surface area contributed by atoms with Crippen LogP contribution >= 0.6 is 0 Å². The largest absolute Gasteiger partial charge is 0.425 e. The highest BCUT2D eigenvalue weighted by molar-refractivity contribution is 7.89. The van der Waals surface area contributed by atoms with Crippen LogP contribution in [0.1, 0.15) is 42.7 Å². The molecular formula is C15H21N3O3S. The summed E-state index contributed by atoms with van der Waals surface area (Å²) in [7, 11) is -3.53. The Balaban J connectivity index is 2.02. The number of nitrogens with one attached hydrogen (secondary N) is 1. The maximum absolute atomic E-state index is 12.3. The van der Waals surface area contributed by atoms with E-state index in [4.69, 9.17) is 4.42 Å². The van der Waals surface area contributed by atoms with Crippen molar-refractivity contribution in [2.24, 2.45) is 0 Å². The van der Waals surface area contributed by atoms with Crippen molar-refractivity contribution in [1.29, 1.82) is 0 Å². The zero-order valence-corrected chi connectivity index (χ0v) is 14.1. The topological polar surface area (TPSA) is 85.1 Å². The first-order chi connectivity index (χ1) is 10.3. The maximum Gasteiger partial charge on any atom is 0.240 e. The van der Waals surface area contributed by atoms with Crippen molar-refractivity contribution in [3.05, 3.63) is 41.1 Å². The van der Waals surface area contributed by atoms with Gasteiger partial charge in [-0.25, -0.2) is 13.1 Å². The van der Waals surface area contributed by atoms with E-state index in [1.807, 2.05) is 26.8 Å². The summed E-state index contributed by atoms with van der Waals surface area (Å²) in [6.07, 6.45) is 0.365. The van der Waals surface area contributed by atoms with Crippen LogP contribution in [0.5, 0.6) is 0 Å². The predicted octanol–water partition coefficient (Wildman–Crippen LogP) is 2.33. The number of hydrogen-bond donors (Lipinski definition) is 1. The number of rotatable bonds is 6. The van der Waals surface area contributed by atoms with Gasteiger partial charge in [-0.3, -0.25) is 0 Å². The third-order valence-corrected chi connectivity index (χ3v) is 4.84. The molecule has 0 amide bonds. The van der Waals surface area contributed by atoms with Gasteiger partial charge in [-0.2, -0.15) is 0 Å². The molecule has 0 aliphatic carbocycles. The second kappa shape index (κ2) is 6.58. The van der Waals surface area contributed by atoms with Crippen LogP contribution < -0.4 is 4.72 Å². The van der Waals surface area contributed by atoms with Crippen molar-refractivity contribution in [3.8, 4) is 0 Å². The van der Waals surface area contributed by atoms with Crippen LogP contribution in [0.4, 0.5) is 0 Å². The first-order valence-corrected chi connectivity index (χ1v) is 8.67. The zero-order valence-electron chi connectivity index (χ0n) is 13.3. The third-order valence-electron chi connectivity index (χ3n) is 3.24. The van der Waals surface area contributed by atoms with Crippen LogP contribution in [0.2, 0.25) is 0 Å². The molecule has 1 aromatic heterocycles. The summed E-state index contributed by atoms with van der Waals surface area (Å²) in [5, 5.41) is 7.83. The molecule has 1 N–H and O–H groups in total. The molecule has 0 radical (unpaired) electrons. The lowest BCUT2D eigenvalue weighted by Gasteiger charge is -2.09. The SMILES string of the molecule is Cc1ccc(C)c(S(=O)(=O)NCCc2nnc(C(C)C)o2)c1. The normalized spacial score (nSPS) is 12.0. The second-order valence-electron chi connectivity index (χ2n) is 5.61. The van der Waals surface area contributed by atoms with Crippen LogP contribution in [0, 0.1) is 13.8 Å². The molecule has 0 bridgehead atoms. The zero-order chi connectivity index (χ0) is 16.3. The molecule has 22 heavy (non-hydrogen) atoms. The number of aromatic nitrogens is 2. The average molecular weight is 323 g/mol. The first-order valence-electron chi connectivity index (χ1n) is 7.19. The quantitative estimate of drug-likeness (QED) is 0.882. The number of benzene rings is 1. The summed E-state index contributed by atoms with van der Waals surface area (Å²) in [5.74, 6) is 1.16. The minimum atomic E-state index is -3.53. The van der Waals surface area contributed by atoms with Crippen LogP contribution in [-0.2, 0) is 16.4 Å². The summed E-state index contributed by atoms with van der Waals surface area (Å²) < 4.78 is 32.7. The molecule has 0 aliphatic rings. The van der Waals surface area contributed by atoms with E-state index >= 15 is 0 Å². The van der Waals surface area contributed by atoms with Crippen molar-refractivity contribution in [3.63, 3.8) is 0 Å². The molecule has 6 nitrogen and oxygen atoms in total. The molecule has 0 fully saturated rings. The average Bonchev–Trinajstić information content (AvgIpc) is 2.90. The van der Waals surface area contributed by atoms with Crippen LogP contribution in [-0.4, -0.2) is 25.2 Å². The molecule has 2 aromatic rings. The Morgan fingerprint density at radius 1 is 1.23 bits per heavy atom. The van der Waals surface area contributed by atoms with Crippen LogP contribution in [0.15, 0.2) is 27.5 Å². The minimum Gasteiger partial charge on any atom is -0.425 e. The van der Waals surface area contributed by atoms with Gasteiger partial charge in [0.1, 0.15) is 0 Å². The highest BCUT2D eigenvalue weighted by Gasteiger charge is 2.17. The first kappa shape index (κ1) is 16.6. The van der Waals surface area contributed by atoms with Crippen LogP contribution in [0.25, 0.3) is 0 Å².